The van der Waals surface area contributed by atoms with E-state index in [0.717, 1.165) is 0 Å². The second-order valence-electron chi connectivity index (χ2n) is 4.76. The van der Waals surface area contributed by atoms with Crippen LogP contribution in [0, 0.1) is 0 Å². The smallest absolute Gasteiger partial charge is 0.231 e. The highest BCUT2D eigenvalue weighted by atomic mass is 35.5. The van der Waals surface area contributed by atoms with Gasteiger partial charge in [0.2, 0.25) is 11.2 Å². The Morgan fingerprint density at radius 2 is 2.05 bits per heavy atom. The van der Waals surface area contributed by atoms with E-state index in [-0.39, 0.29) is 11.0 Å². The number of rotatable bonds is 5. The van der Waals surface area contributed by atoms with Gasteiger partial charge in [-0.05, 0) is 43.1 Å². The van der Waals surface area contributed by atoms with Gasteiger partial charge in [-0.25, -0.2) is 18.4 Å². The SMILES string of the molecule is CC(C)S(=O)(=O)Cc1cccc(Nc2ncnc(Cl)n2)c1. The highest BCUT2D eigenvalue weighted by molar-refractivity contribution is 7.91. The van der Waals surface area contributed by atoms with Crippen molar-refractivity contribution in [3.8, 4) is 0 Å². The molecule has 1 N–H and O–H groups in total. The minimum Gasteiger partial charge on any atom is -0.324 e. The molecule has 6 nitrogen and oxygen atoms in total. The molecule has 0 saturated heterocycles. The van der Waals surface area contributed by atoms with Crippen molar-refractivity contribution in [2.24, 2.45) is 0 Å². The highest BCUT2D eigenvalue weighted by Crippen LogP contribution is 2.18. The third-order valence-electron chi connectivity index (χ3n) is 2.81. The highest BCUT2D eigenvalue weighted by Gasteiger charge is 2.16. The summed E-state index contributed by atoms with van der Waals surface area (Å²) in [5.41, 5.74) is 1.39. The van der Waals surface area contributed by atoms with Crippen molar-refractivity contribution in [3.05, 3.63) is 41.4 Å². The van der Waals surface area contributed by atoms with Gasteiger partial charge in [-0.3, -0.25) is 0 Å². The first kappa shape index (κ1) is 15.7. The van der Waals surface area contributed by atoms with E-state index in [1.807, 2.05) is 0 Å². The summed E-state index contributed by atoms with van der Waals surface area (Å²) in [6.07, 6.45) is 1.30. The van der Waals surface area contributed by atoms with E-state index < -0.39 is 15.1 Å². The molecule has 21 heavy (non-hydrogen) atoms. The summed E-state index contributed by atoms with van der Waals surface area (Å²) in [5.74, 6) is 0.303. The van der Waals surface area contributed by atoms with Gasteiger partial charge in [-0.15, -0.1) is 0 Å². The number of sulfone groups is 1. The van der Waals surface area contributed by atoms with Crippen LogP contribution in [0.15, 0.2) is 30.6 Å². The zero-order chi connectivity index (χ0) is 15.5. The molecule has 1 heterocycles. The van der Waals surface area contributed by atoms with Crippen LogP contribution < -0.4 is 5.32 Å². The lowest BCUT2D eigenvalue weighted by Gasteiger charge is -2.09. The number of nitrogens with one attached hydrogen (secondary N) is 1. The van der Waals surface area contributed by atoms with Crippen LogP contribution in [-0.4, -0.2) is 28.6 Å². The maximum absolute atomic E-state index is 11.9. The van der Waals surface area contributed by atoms with Crippen molar-refractivity contribution >= 4 is 33.1 Å². The lowest BCUT2D eigenvalue weighted by atomic mass is 10.2. The molecule has 0 amide bonds. The van der Waals surface area contributed by atoms with Gasteiger partial charge in [0.15, 0.2) is 9.84 Å². The van der Waals surface area contributed by atoms with Gasteiger partial charge < -0.3 is 5.32 Å². The van der Waals surface area contributed by atoms with Crippen LogP contribution in [0.3, 0.4) is 0 Å². The maximum Gasteiger partial charge on any atom is 0.231 e. The summed E-state index contributed by atoms with van der Waals surface area (Å²) in [4.78, 5) is 11.5. The Bertz CT molecular complexity index is 734. The molecule has 0 unspecified atom stereocenters. The monoisotopic (exact) mass is 326 g/mol. The fourth-order valence-corrected chi connectivity index (χ4v) is 2.70. The normalized spacial score (nSPS) is 11.6. The molecular weight excluding hydrogens is 312 g/mol. The molecule has 2 aromatic rings. The average molecular weight is 327 g/mol. The number of hydrogen-bond acceptors (Lipinski definition) is 6. The van der Waals surface area contributed by atoms with Crippen molar-refractivity contribution in [2.75, 3.05) is 5.32 Å². The van der Waals surface area contributed by atoms with Crippen LogP contribution in [-0.2, 0) is 15.6 Å². The first-order chi connectivity index (χ1) is 9.87. The van der Waals surface area contributed by atoms with Gasteiger partial charge in [-0.2, -0.15) is 4.98 Å². The van der Waals surface area contributed by atoms with E-state index in [2.05, 4.69) is 20.3 Å². The molecule has 0 spiro atoms. The summed E-state index contributed by atoms with van der Waals surface area (Å²) in [6, 6.07) is 7.09. The Morgan fingerprint density at radius 1 is 1.29 bits per heavy atom. The molecule has 0 radical (unpaired) electrons. The first-order valence-corrected chi connectivity index (χ1v) is 8.38. The van der Waals surface area contributed by atoms with Crippen LogP contribution in [0.5, 0.6) is 0 Å². The minimum absolute atomic E-state index is 0.00184. The molecule has 0 aliphatic carbocycles. The summed E-state index contributed by atoms with van der Waals surface area (Å²) in [5, 5.41) is 2.64. The molecular formula is C13H15ClN4O2S. The van der Waals surface area contributed by atoms with Crippen molar-refractivity contribution in [2.45, 2.75) is 24.9 Å². The van der Waals surface area contributed by atoms with Crippen molar-refractivity contribution in [3.63, 3.8) is 0 Å². The second kappa shape index (κ2) is 6.36. The predicted octanol–water partition coefficient (Wildman–Crippen LogP) is 2.59. The molecule has 1 aromatic heterocycles. The van der Waals surface area contributed by atoms with Gasteiger partial charge in [0, 0.05) is 5.69 Å². The largest absolute Gasteiger partial charge is 0.324 e. The van der Waals surface area contributed by atoms with Crippen molar-refractivity contribution < 1.29 is 8.42 Å². The van der Waals surface area contributed by atoms with Gasteiger partial charge in [0.25, 0.3) is 0 Å². The maximum atomic E-state index is 11.9. The third kappa shape index (κ3) is 4.37. The van der Waals surface area contributed by atoms with Gasteiger partial charge in [0.1, 0.15) is 6.33 Å². The predicted molar refractivity (Wildman–Crippen MR) is 82.3 cm³/mol. The van der Waals surface area contributed by atoms with Crippen LogP contribution in [0.25, 0.3) is 0 Å². The van der Waals surface area contributed by atoms with E-state index in [0.29, 0.717) is 17.2 Å². The first-order valence-electron chi connectivity index (χ1n) is 6.29. The molecule has 0 atom stereocenters. The molecule has 112 valence electrons. The Labute approximate surface area is 128 Å². The Morgan fingerprint density at radius 3 is 2.71 bits per heavy atom. The summed E-state index contributed by atoms with van der Waals surface area (Å²) < 4.78 is 23.9. The Balaban J connectivity index is 2.18. The molecule has 0 saturated carbocycles. The number of halogens is 1. The fourth-order valence-electron chi connectivity index (χ4n) is 1.60. The quantitative estimate of drug-likeness (QED) is 0.909. The van der Waals surface area contributed by atoms with Crippen LogP contribution in [0.1, 0.15) is 19.4 Å². The van der Waals surface area contributed by atoms with E-state index in [1.54, 1.807) is 38.1 Å². The fraction of sp³-hybridized carbons (Fsp3) is 0.308. The number of aromatic nitrogens is 3. The zero-order valence-electron chi connectivity index (χ0n) is 11.6. The third-order valence-corrected chi connectivity index (χ3v) is 5.17. The van der Waals surface area contributed by atoms with E-state index in [1.165, 1.54) is 6.33 Å². The topological polar surface area (TPSA) is 84.8 Å². The number of hydrogen-bond donors (Lipinski definition) is 1. The lowest BCUT2D eigenvalue weighted by Crippen LogP contribution is -2.16. The van der Waals surface area contributed by atoms with E-state index in [9.17, 15) is 8.42 Å². The molecule has 0 aliphatic rings. The van der Waals surface area contributed by atoms with E-state index in [4.69, 9.17) is 11.6 Å². The number of nitrogens with zero attached hydrogens (tertiary/aromatic N) is 3. The lowest BCUT2D eigenvalue weighted by molar-refractivity contribution is 0.586. The van der Waals surface area contributed by atoms with Crippen LogP contribution >= 0.6 is 11.6 Å². The Hall–Kier alpha value is -1.73. The van der Waals surface area contributed by atoms with Crippen molar-refractivity contribution in [1.29, 1.82) is 0 Å². The molecule has 0 aliphatic heterocycles. The Kier molecular flexibility index (Phi) is 4.74. The zero-order valence-corrected chi connectivity index (χ0v) is 13.2. The second-order valence-corrected chi connectivity index (χ2v) is 7.65. The van der Waals surface area contributed by atoms with Crippen LogP contribution in [0.2, 0.25) is 5.28 Å². The minimum atomic E-state index is -3.14. The number of anilines is 2. The van der Waals surface area contributed by atoms with Gasteiger partial charge in [-0.1, -0.05) is 12.1 Å². The van der Waals surface area contributed by atoms with E-state index >= 15 is 0 Å². The van der Waals surface area contributed by atoms with Gasteiger partial charge in [0.05, 0.1) is 11.0 Å². The average Bonchev–Trinajstić information content (AvgIpc) is 2.38. The molecule has 2 rings (SSSR count). The van der Waals surface area contributed by atoms with Crippen LogP contribution in [0.4, 0.5) is 11.6 Å². The molecule has 0 fully saturated rings. The molecule has 1 aromatic carbocycles. The standard InChI is InChI=1S/C13H15ClN4O2S/c1-9(2)21(19,20)7-10-4-3-5-11(6-10)17-13-16-8-15-12(14)18-13/h3-6,8-9H,7H2,1-2H3,(H,15,16,17,18). The summed E-state index contributed by atoms with van der Waals surface area (Å²) in [7, 11) is -3.14. The van der Waals surface area contributed by atoms with Crippen molar-refractivity contribution in [1.82, 2.24) is 15.0 Å². The van der Waals surface area contributed by atoms with Gasteiger partial charge >= 0.3 is 0 Å². The molecule has 0 bridgehead atoms. The molecule has 8 heteroatoms. The summed E-state index contributed by atoms with van der Waals surface area (Å²) >= 11 is 5.68. The number of benzene rings is 1. The summed E-state index contributed by atoms with van der Waals surface area (Å²) in [6.45, 7) is 3.34.